The lowest BCUT2D eigenvalue weighted by atomic mass is 10.1. The Morgan fingerprint density at radius 1 is 1.38 bits per heavy atom. The molecule has 1 aromatic carbocycles. The maximum atomic E-state index is 10.4. The lowest BCUT2D eigenvalue weighted by Crippen LogP contribution is -2.04. The van der Waals surface area contributed by atoms with E-state index < -0.39 is 4.92 Å². The van der Waals surface area contributed by atoms with Crippen LogP contribution in [0.4, 0.5) is 11.4 Å². The number of nitro groups is 1. The molecule has 0 unspecified atom stereocenters. The molecule has 0 bridgehead atoms. The highest BCUT2D eigenvalue weighted by molar-refractivity contribution is 5.84. The van der Waals surface area contributed by atoms with Gasteiger partial charge in [-0.3, -0.25) is 15.5 Å². The van der Waals surface area contributed by atoms with E-state index in [0.717, 1.165) is 11.4 Å². The Labute approximate surface area is 94.3 Å². The van der Waals surface area contributed by atoms with E-state index in [1.165, 1.54) is 12.1 Å². The highest BCUT2D eigenvalue weighted by Gasteiger charge is 2.03. The summed E-state index contributed by atoms with van der Waals surface area (Å²) >= 11 is 0. The molecule has 0 heterocycles. The molecule has 0 saturated heterocycles. The molecule has 0 spiro atoms. The molecule has 0 atom stereocenters. The summed E-state index contributed by atoms with van der Waals surface area (Å²) in [4.78, 5) is 10.0. The van der Waals surface area contributed by atoms with Gasteiger partial charge in [0, 0.05) is 17.8 Å². The second-order valence-corrected chi connectivity index (χ2v) is 3.82. The van der Waals surface area contributed by atoms with Crippen LogP contribution >= 0.6 is 0 Å². The summed E-state index contributed by atoms with van der Waals surface area (Å²) in [6.07, 6.45) is 0. The van der Waals surface area contributed by atoms with Gasteiger partial charge in [0.1, 0.15) is 0 Å². The van der Waals surface area contributed by atoms with Gasteiger partial charge < -0.3 is 0 Å². The van der Waals surface area contributed by atoms with E-state index in [0.29, 0.717) is 5.92 Å². The van der Waals surface area contributed by atoms with Crippen molar-refractivity contribution >= 4 is 17.1 Å². The van der Waals surface area contributed by atoms with E-state index in [4.69, 9.17) is 0 Å². The standard InChI is InChI=1S/C11H15N3O2/c1-8(2)9(3)12-13-10-4-6-11(7-5-10)14(15)16/h4-8,13H,1-3H3/b12-9-. The Kier molecular flexibility index (Phi) is 3.99. The fraction of sp³-hybridized carbons (Fsp3) is 0.364. The van der Waals surface area contributed by atoms with Crippen LogP contribution in [0.1, 0.15) is 20.8 Å². The van der Waals surface area contributed by atoms with E-state index in [9.17, 15) is 10.1 Å². The van der Waals surface area contributed by atoms with Gasteiger partial charge in [0.15, 0.2) is 0 Å². The molecule has 0 radical (unpaired) electrons. The third-order valence-corrected chi connectivity index (χ3v) is 2.28. The van der Waals surface area contributed by atoms with Crippen LogP contribution in [-0.2, 0) is 0 Å². The van der Waals surface area contributed by atoms with Crippen LogP contribution in [0.5, 0.6) is 0 Å². The first-order valence-electron chi connectivity index (χ1n) is 5.05. The monoisotopic (exact) mass is 221 g/mol. The largest absolute Gasteiger partial charge is 0.279 e. The summed E-state index contributed by atoms with van der Waals surface area (Å²) in [5.41, 5.74) is 4.66. The fourth-order valence-corrected chi connectivity index (χ4v) is 0.940. The normalized spacial score (nSPS) is 11.6. The van der Waals surface area contributed by atoms with Gasteiger partial charge in [-0.15, -0.1) is 0 Å². The summed E-state index contributed by atoms with van der Waals surface area (Å²) in [6, 6.07) is 6.16. The number of nitrogens with zero attached hydrogens (tertiary/aromatic N) is 2. The number of non-ortho nitro benzene ring substituents is 1. The number of hydrogen-bond donors (Lipinski definition) is 1. The smallest absolute Gasteiger partial charge is 0.269 e. The van der Waals surface area contributed by atoms with Gasteiger partial charge in [0.25, 0.3) is 5.69 Å². The van der Waals surface area contributed by atoms with Crippen LogP contribution in [0.15, 0.2) is 29.4 Å². The van der Waals surface area contributed by atoms with E-state index in [1.54, 1.807) is 12.1 Å². The predicted octanol–water partition coefficient (Wildman–Crippen LogP) is 3.04. The SMILES string of the molecule is C/C(=N/Nc1ccc([N+](=O)[O-])cc1)C(C)C. The van der Waals surface area contributed by atoms with Crippen LogP contribution in [-0.4, -0.2) is 10.6 Å². The maximum absolute atomic E-state index is 10.4. The van der Waals surface area contributed by atoms with Crippen molar-refractivity contribution in [2.45, 2.75) is 20.8 Å². The summed E-state index contributed by atoms with van der Waals surface area (Å²) in [5, 5.41) is 14.6. The first-order chi connectivity index (χ1) is 7.50. The molecule has 0 aliphatic carbocycles. The van der Waals surface area contributed by atoms with Crippen molar-refractivity contribution in [3.05, 3.63) is 34.4 Å². The van der Waals surface area contributed by atoms with Crippen molar-refractivity contribution in [3.8, 4) is 0 Å². The molecule has 16 heavy (non-hydrogen) atoms. The molecule has 0 fully saturated rings. The zero-order valence-corrected chi connectivity index (χ0v) is 9.60. The van der Waals surface area contributed by atoms with Crippen molar-refractivity contribution in [1.29, 1.82) is 0 Å². The molecule has 0 amide bonds. The minimum absolute atomic E-state index is 0.0788. The molecule has 1 rings (SSSR count). The zero-order valence-electron chi connectivity index (χ0n) is 9.60. The van der Waals surface area contributed by atoms with Crippen molar-refractivity contribution in [2.24, 2.45) is 11.0 Å². The number of nitrogens with one attached hydrogen (secondary N) is 1. The number of nitro benzene ring substituents is 1. The molecular formula is C11H15N3O2. The van der Waals surface area contributed by atoms with Gasteiger partial charge in [-0.2, -0.15) is 5.10 Å². The maximum Gasteiger partial charge on any atom is 0.269 e. The van der Waals surface area contributed by atoms with Crippen molar-refractivity contribution < 1.29 is 4.92 Å². The van der Waals surface area contributed by atoms with Crippen LogP contribution in [0.3, 0.4) is 0 Å². The number of anilines is 1. The lowest BCUT2D eigenvalue weighted by Gasteiger charge is -2.05. The summed E-state index contributed by atoms with van der Waals surface area (Å²) in [7, 11) is 0. The summed E-state index contributed by atoms with van der Waals surface area (Å²) in [5.74, 6) is 0.380. The molecule has 1 N–H and O–H groups in total. The molecule has 0 saturated carbocycles. The van der Waals surface area contributed by atoms with Crippen molar-refractivity contribution in [1.82, 2.24) is 0 Å². The molecular weight excluding hydrogens is 206 g/mol. The molecule has 0 aromatic heterocycles. The molecule has 1 aromatic rings. The van der Waals surface area contributed by atoms with Crippen LogP contribution < -0.4 is 5.43 Å². The highest BCUT2D eigenvalue weighted by atomic mass is 16.6. The lowest BCUT2D eigenvalue weighted by molar-refractivity contribution is -0.384. The Morgan fingerprint density at radius 3 is 2.38 bits per heavy atom. The Bertz CT molecular complexity index is 396. The minimum Gasteiger partial charge on any atom is -0.279 e. The van der Waals surface area contributed by atoms with Crippen LogP contribution in [0.2, 0.25) is 0 Å². The fourth-order valence-electron chi connectivity index (χ4n) is 0.940. The van der Waals surface area contributed by atoms with Gasteiger partial charge in [0.05, 0.1) is 10.6 Å². The second kappa shape index (κ2) is 5.25. The molecule has 86 valence electrons. The predicted molar refractivity (Wildman–Crippen MR) is 64.7 cm³/mol. The van der Waals surface area contributed by atoms with E-state index in [1.807, 2.05) is 6.92 Å². The van der Waals surface area contributed by atoms with Gasteiger partial charge >= 0.3 is 0 Å². The molecule has 0 aliphatic heterocycles. The van der Waals surface area contributed by atoms with Crippen molar-refractivity contribution in [3.63, 3.8) is 0 Å². The Morgan fingerprint density at radius 2 is 1.94 bits per heavy atom. The highest BCUT2D eigenvalue weighted by Crippen LogP contribution is 2.15. The third kappa shape index (κ3) is 3.34. The van der Waals surface area contributed by atoms with E-state index in [2.05, 4.69) is 24.4 Å². The average molecular weight is 221 g/mol. The Hall–Kier alpha value is -1.91. The summed E-state index contributed by atoms with van der Waals surface area (Å²) in [6.45, 7) is 6.04. The van der Waals surface area contributed by atoms with Crippen molar-refractivity contribution in [2.75, 3.05) is 5.43 Å². The number of rotatable bonds is 4. The number of hydrogen-bond acceptors (Lipinski definition) is 4. The second-order valence-electron chi connectivity index (χ2n) is 3.82. The first kappa shape index (κ1) is 12.2. The van der Waals surface area contributed by atoms with E-state index in [-0.39, 0.29) is 5.69 Å². The third-order valence-electron chi connectivity index (χ3n) is 2.28. The number of benzene rings is 1. The summed E-state index contributed by atoms with van der Waals surface area (Å²) < 4.78 is 0. The molecule has 0 aliphatic rings. The minimum atomic E-state index is -0.424. The Balaban J connectivity index is 2.69. The molecule has 5 nitrogen and oxygen atoms in total. The average Bonchev–Trinajstić information content (AvgIpc) is 2.26. The van der Waals surface area contributed by atoms with Crippen LogP contribution in [0.25, 0.3) is 0 Å². The zero-order chi connectivity index (χ0) is 12.1. The van der Waals surface area contributed by atoms with Gasteiger partial charge in [-0.1, -0.05) is 13.8 Å². The molecule has 5 heteroatoms. The van der Waals surface area contributed by atoms with Gasteiger partial charge in [0.2, 0.25) is 0 Å². The van der Waals surface area contributed by atoms with Crippen LogP contribution in [0, 0.1) is 16.0 Å². The van der Waals surface area contributed by atoms with Gasteiger partial charge in [-0.25, -0.2) is 0 Å². The quantitative estimate of drug-likeness (QED) is 0.482. The topological polar surface area (TPSA) is 67.5 Å². The number of hydrazone groups is 1. The van der Waals surface area contributed by atoms with Gasteiger partial charge in [-0.05, 0) is 25.0 Å². The van der Waals surface area contributed by atoms with E-state index >= 15 is 0 Å². The first-order valence-corrected chi connectivity index (χ1v) is 5.05.